The summed E-state index contributed by atoms with van der Waals surface area (Å²) in [6.07, 6.45) is 5.96. The highest BCUT2D eigenvalue weighted by molar-refractivity contribution is 7.97. The normalized spacial score (nSPS) is 26.8. The maximum Gasteiger partial charge on any atom is 0.387 e. The van der Waals surface area contributed by atoms with E-state index in [9.17, 15) is 8.78 Å². The number of benzene rings is 1. The summed E-state index contributed by atoms with van der Waals surface area (Å²) >= 11 is 1.68. The van der Waals surface area contributed by atoms with E-state index in [1.54, 1.807) is 24.1 Å². The van der Waals surface area contributed by atoms with Gasteiger partial charge in [-0.25, -0.2) is 4.31 Å². The molecule has 3 aliphatic rings. The van der Waals surface area contributed by atoms with Crippen molar-refractivity contribution in [3.63, 3.8) is 0 Å². The van der Waals surface area contributed by atoms with Crippen LogP contribution in [0, 0.1) is 0 Å². The Morgan fingerprint density at radius 2 is 1.77 bits per heavy atom. The summed E-state index contributed by atoms with van der Waals surface area (Å²) < 4.78 is 37.5. The van der Waals surface area contributed by atoms with Crippen LogP contribution in [0.25, 0.3) is 0 Å². The van der Waals surface area contributed by atoms with Gasteiger partial charge in [0.25, 0.3) is 0 Å². The number of piperidine rings is 1. The van der Waals surface area contributed by atoms with Crippen LogP contribution in [-0.4, -0.2) is 60.2 Å². The smallest absolute Gasteiger partial charge is 0.387 e. The van der Waals surface area contributed by atoms with Gasteiger partial charge in [0.2, 0.25) is 0 Å². The van der Waals surface area contributed by atoms with Crippen LogP contribution in [-0.2, 0) is 4.74 Å². The zero-order valence-electron chi connectivity index (χ0n) is 14.9. The van der Waals surface area contributed by atoms with Gasteiger partial charge >= 0.3 is 6.61 Å². The molecule has 0 radical (unpaired) electrons. The van der Waals surface area contributed by atoms with Crippen LogP contribution in [0.1, 0.15) is 32.1 Å². The lowest BCUT2D eigenvalue weighted by molar-refractivity contribution is -0.0498. The second-order valence-electron chi connectivity index (χ2n) is 7.47. The molecular weight excluding hydrogens is 358 g/mol. The molecule has 1 aromatic rings. The third-order valence-electron chi connectivity index (χ3n) is 5.76. The minimum Gasteiger partial charge on any atom is -0.435 e. The predicted molar refractivity (Wildman–Crippen MR) is 97.6 cm³/mol. The highest BCUT2D eigenvalue weighted by atomic mass is 32.2. The SMILES string of the molecule is FC(F)Oc1ccc(SN2CCC3(CC2)CC(N2CCCC2)CO3)cc1. The molecule has 4 rings (SSSR count). The molecule has 0 bridgehead atoms. The Morgan fingerprint density at radius 3 is 2.42 bits per heavy atom. The van der Waals surface area contributed by atoms with E-state index in [1.807, 2.05) is 12.1 Å². The van der Waals surface area contributed by atoms with Crippen LogP contribution in [0.5, 0.6) is 5.75 Å². The number of hydrogen-bond donors (Lipinski definition) is 0. The van der Waals surface area contributed by atoms with Crippen LogP contribution in [0.3, 0.4) is 0 Å². The van der Waals surface area contributed by atoms with Crippen LogP contribution in [0.15, 0.2) is 29.2 Å². The average molecular weight is 384 g/mol. The monoisotopic (exact) mass is 384 g/mol. The van der Waals surface area contributed by atoms with Gasteiger partial charge in [0.1, 0.15) is 5.75 Å². The second-order valence-corrected chi connectivity index (χ2v) is 8.64. The Morgan fingerprint density at radius 1 is 1.08 bits per heavy atom. The number of ether oxygens (including phenoxy) is 2. The third kappa shape index (κ3) is 4.32. The maximum absolute atomic E-state index is 12.2. The Hall–Kier alpha value is -0.890. The third-order valence-corrected chi connectivity index (χ3v) is 6.87. The summed E-state index contributed by atoms with van der Waals surface area (Å²) in [7, 11) is 0. The largest absolute Gasteiger partial charge is 0.435 e. The molecule has 3 fully saturated rings. The number of hydrogen-bond acceptors (Lipinski definition) is 5. The molecule has 0 saturated carbocycles. The van der Waals surface area contributed by atoms with Crippen LogP contribution < -0.4 is 4.74 Å². The van der Waals surface area contributed by atoms with E-state index in [4.69, 9.17) is 4.74 Å². The van der Waals surface area contributed by atoms with E-state index >= 15 is 0 Å². The highest BCUT2D eigenvalue weighted by Gasteiger charge is 2.44. The van der Waals surface area contributed by atoms with Gasteiger partial charge in [0, 0.05) is 24.0 Å². The predicted octanol–water partition coefficient (Wildman–Crippen LogP) is 4.01. The standard InChI is InChI=1S/C19H26F2N2O2S/c20-18(21)25-16-3-5-17(6-4-16)26-23-11-7-19(8-12-23)13-15(14-24-19)22-9-1-2-10-22/h3-6,15,18H,1-2,7-14H2. The Kier molecular flexibility index (Phi) is 5.69. The van der Waals surface area contributed by atoms with Gasteiger partial charge in [-0.3, -0.25) is 4.90 Å². The lowest BCUT2D eigenvalue weighted by atomic mass is 9.88. The summed E-state index contributed by atoms with van der Waals surface area (Å²) in [4.78, 5) is 3.66. The van der Waals surface area contributed by atoms with E-state index in [0.29, 0.717) is 6.04 Å². The van der Waals surface area contributed by atoms with Crippen molar-refractivity contribution in [3.05, 3.63) is 24.3 Å². The molecule has 0 amide bonds. The quantitative estimate of drug-likeness (QED) is 0.714. The lowest BCUT2D eigenvalue weighted by Gasteiger charge is -2.38. The topological polar surface area (TPSA) is 24.9 Å². The lowest BCUT2D eigenvalue weighted by Crippen LogP contribution is -2.42. The number of alkyl halides is 2. The average Bonchev–Trinajstić information content (AvgIpc) is 3.29. The summed E-state index contributed by atoms with van der Waals surface area (Å²) in [6, 6.07) is 7.48. The molecule has 0 N–H and O–H groups in total. The molecule has 1 spiro atoms. The molecule has 1 unspecified atom stereocenters. The molecule has 3 aliphatic heterocycles. The Bertz CT molecular complexity index is 588. The molecule has 26 heavy (non-hydrogen) atoms. The summed E-state index contributed by atoms with van der Waals surface area (Å²) in [5, 5.41) is 0. The van der Waals surface area contributed by atoms with Crippen molar-refractivity contribution in [2.45, 2.75) is 55.3 Å². The fourth-order valence-electron chi connectivity index (χ4n) is 4.33. The molecule has 144 valence electrons. The van der Waals surface area contributed by atoms with E-state index < -0.39 is 6.61 Å². The maximum atomic E-state index is 12.2. The Balaban J connectivity index is 1.26. The first-order valence-electron chi connectivity index (χ1n) is 9.48. The minimum absolute atomic E-state index is 0.0687. The number of rotatable bonds is 5. The van der Waals surface area contributed by atoms with Crippen molar-refractivity contribution in [3.8, 4) is 5.75 Å². The molecule has 3 heterocycles. The van der Waals surface area contributed by atoms with E-state index in [-0.39, 0.29) is 11.4 Å². The fourth-order valence-corrected chi connectivity index (χ4v) is 5.25. The first-order valence-corrected chi connectivity index (χ1v) is 10.3. The summed E-state index contributed by atoms with van der Waals surface area (Å²) in [5.41, 5.74) is 0.0687. The van der Waals surface area contributed by atoms with Gasteiger partial charge < -0.3 is 9.47 Å². The van der Waals surface area contributed by atoms with Crippen LogP contribution >= 0.6 is 11.9 Å². The first kappa shape index (κ1) is 18.5. The van der Waals surface area contributed by atoms with Gasteiger partial charge in [-0.05, 0) is 81.4 Å². The highest BCUT2D eigenvalue weighted by Crippen LogP contribution is 2.40. The van der Waals surface area contributed by atoms with Crippen molar-refractivity contribution in [2.24, 2.45) is 0 Å². The van der Waals surface area contributed by atoms with Crippen molar-refractivity contribution in [2.75, 3.05) is 32.8 Å². The molecule has 0 aromatic heterocycles. The van der Waals surface area contributed by atoms with E-state index in [2.05, 4.69) is 13.9 Å². The zero-order valence-corrected chi connectivity index (χ0v) is 15.7. The second kappa shape index (κ2) is 8.00. The molecule has 4 nitrogen and oxygen atoms in total. The molecule has 3 saturated heterocycles. The van der Waals surface area contributed by atoms with E-state index in [1.165, 1.54) is 32.4 Å². The van der Waals surface area contributed by atoms with Gasteiger partial charge in [-0.2, -0.15) is 8.78 Å². The first-order chi connectivity index (χ1) is 12.6. The Labute approximate surface area is 157 Å². The van der Waals surface area contributed by atoms with E-state index in [0.717, 1.165) is 37.4 Å². The molecule has 7 heteroatoms. The number of likely N-dealkylation sites (tertiary alicyclic amines) is 1. The van der Waals surface area contributed by atoms with Gasteiger partial charge in [-0.1, -0.05) is 0 Å². The molecule has 1 aromatic carbocycles. The summed E-state index contributed by atoms with van der Waals surface area (Å²) in [5.74, 6) is 0.203. The fraction of sp³-hybridized carbons (Fsp3) is 0.684. The minimum atomic E-state index is -2.78. The number of halogens is 2. The van der Waals surface area contributed by atoms with Crippen molar-refractivity contribution in [1.82, 2.24) is 9.21 Å². The summed E-state index contributed by atoms with van der Waals surface area (Å²) in [6.45, 7) is 2.56. The molecular formula is C19H26F2N2O2S. The van der Waals surface area contributed by atoms with Gasteiger partial charge in [0.15, 0.2) is 0 Å². The van der Waals surface area contributed by atoms with Gasteiger partial charge in [-0.15, -0.1) is 0 Å². The van der Waals surface area contributed by atoms with Crippen molar-refractivity contribution < 1.29 is 18.3 Å². The van der Waals surface area contributed by atoms with Crippen LogP contribution in [0.2, 0.25) is 0 Å². The van der Waals surface area contributed by atoms with Crippen molar-refractivity contribution >= 4 is 11.9 Å². The molecule has 1 atom stereocenters. The zero-order chi connectivity index (χ0) is 18.0. The molecule has 0 aliphatic carbocycles. The van der Waals surface area contributed by atoms with Crippen molar-refractivity contribution in [1.29, 1.82) is 0 Å². The van der Waals surface area contributed by atoms with Gasteiger partial charge in [0.05, 0.1) is 12.2 Å². The van der Waals surface area contributed by atoms with Crippen LogP contribution in [0.4, 0.5) is 8.78 Å². The number of nitrogens with zero attached hydrogens (tertiary/aromatic N) is 2.